The van der Waals surface area contributed by atoms with Crippen LogP contribution in [0.3, 0.4) is 0 Å². The molecule has 0 saturated heterocycles. The van der Waals surface area contributed by atoms with E-state index in [1.54, 1.807) is 24.5 Å². The summed E-state index contributed by atoms with van der Waals surface area (Å²) < 4.78 is 13.7. The zero-order chi connectivity index (χ0) is 24.7. The van der Waals surface area contributed by atoms with Crippen LogP contribution in [0.1, 0.15) is 54.3 Å². The standard InChI is InChI=1S/C25H30N6O3S/c1-13-7-21-17(25(32)33-13)5-6-22(29-21)30-23-10-18-19(14(2)26)11-28-24(20(18)12-27-23)34-15-8-16(9-15)35-31(3)4/h5-6,10-16H,7-9,26H2,1-4H3,(H,27,29,30). The van der Waals surface area contributed by atoms with E-state index in [4.69, 9.17) is 15.2 Å². The third-order valence-corrected chi connectivity index (χ3v) is 7.29. The number of rotatable bonds is 7. The van der Waals surface area contributed by atoms with Gasteiger partial charge in [-0.1, -0.05) is 11.9 Å². The lowest BCUT2D eigenvalue weighted by atomic mass is 9.95. The maximum atomic E-state index is 12.1. The van der Waals surface area contributed by atoms with Crippen LogP contribution in [0.5, 0.6) is 5.88 Å². The third-order valence-electron chi connectivity index (χ3n) is 6.19. The van der Waals surface area contributed by atoms with Gasteiger partial charge in [-0.05, 0) is 69.9 Å². The van der Waals surface area contributed by atoms with Crippen LogP contribution >= 0.6 is 11.9 Å². The average Bonchev–Trinajstić information content (AvgIpc) is 2.76. The first-order chi connectivity index (χ1) is 16.8. The molecule has 2 unspecified atom stereocenters. The van der Waals surface area contributed by atoms with Gasteiger partial charge in [0.1, 0.15) is 23.8 Å². The lowest BCUT2D eigenvalue weighted by Crippen LogP contribution is -2.37. The van der Waals surface area contributed by atoms with Gasteiger partial charge in [0.25, 0.3) is 0 Å². The van der Waals surface area contributed by atoms with E-state index < -0.39 is 0 Å². The summed E-state index contributed by atoms with van der Waals surface area (Å²) in [6.45, 7) is 3.80. The van der Waals surface area contributed by atoms with E-state index >= 15 is 0 Å². The molecule has 2 atom stereocenters. The molecule has 1 fully saturated rings. The number of nitrogens with zero attached hydrogens (tertiary/aromatic N) is 4. The van der Waals surface area contributed by atoms with Crippen LogP contribution in [0.25, 0.3) is 10.8 Å². The molecule has 0 spiro atoms. The van der Waals surface area contributed by atoms with Crippen LogP contribution in [-0.2, 0) is 11.2 Å². The fraction of sp³-hybridized carbons (Fsp3) is 0.440. The number of pyridine rings is 3. The van der Waals surface area contributed by atoms with E-state index in [0.29, 0.717) is 34.7 Å². The number of cyclic esters (lactones) is 1. The highest BCUT2D eigenvalue weighted by atomic mass is 32.2. The Morgan fingerprint density at radius 1 is 1.20 bits per heavy atom. The minimum Gasteiger partial charge on any atom is -0.474 e. The van der Waals surface area contributed by atoms with Crippen molar-refractivity contribution in [1.29, 1.82) is 0 Å². The van der Waals surface area contributed by atoms with Gasteiger partial charge in [0.05, 0.1) is 16.6 Å². The van der Waals surface area contributed by atoms with Crippen molar-refractivity contribution < 1.29 is 14.3 Å². The van der Waals surface area contributed by atoms with E-state index in [0.717, 1.165) is 34.9 Å². The monoisotopic (exact) mass is 494 g/mol. The molecule has 0 bridgehead atoms. The Labute approximate surface area is 208 Å². The summed E-state index contributed by atoms with van der Waals surface area (Å²) >= 11 is 1.84. The Kier molecular flexibility index (Phi) is 6.52. The molecule has 3 N–H and O–H groups in total. The highest BCUT2D eigenvalue weighted by Crippen LogP contribution is 2.37. The predicted molar refractivity (Wildman–Crippen MR) is 137 cm³/mol. The number of anilines is 2. The molecule has 1 aliphatic carbocycles. The van der Waals surface area contributed by atoms with Gasteiger partial charge in [0.15, 0.2) is 0 Å². The van der Waals surface area contributed by atoms with Crippen molar-refractivity contribution in [2.45, 2.75) is 56.6 Å². The van der Waals surface area contributed by atoms with Crippen molar-refractivity contribution in [2.24, 2.45) is 5.73 Å². The first-order valence-electron chi connectivity index (χ1n) is 11.8. The first-order valence-corrected chi connectivity index (χ1v) is 12.6. The van der Waals surface area contributed by atoms with Crippen molar-refractivity contribution in [3.05, 3.63) is 47.4 Å². The van der Waals surface area contributed by atoms with E-state index in [9.17, 15) is 4.79 Å². The van der Waals surface area contributed by atoms with Gasteiger partial charge >= 0.3 is 5.97 Å². The quantitative estimate of drug-likeness (QED) is 0.369. The van der Waals surface area contributed by atoms with Gasteiger partial charge in [-0.15, -0.1) is 0 Å². The second-order valence-corrected chi connectivity index (χ2v) is 11.0. The molecular weight excluding hydrogens is 464 g/mol. The van der Waals surface area contributed by atoms with Gasteiger partial charge < -0.3 is 20.5 Å². The number of carbonyl (C=O) groups excluding carboxylic acids is 1. The highest BCUT2D eigenvalue weighted by molar-refractivity contribution is 7.97. The largest absolute Gasteiger partial charge is 0.474 e. The first kappa shape index (κ1) is 23.8. The van der Waals surface area contributed by atoms with Gasteiger partial charge in [0, 0.05) is 30.1 Å². The number of nitrogens with one attached hydrogen (secondary N) is 1. The molecule has 1 aliphatic heterocycles. The van der Waals surface area contributed by atoms with E-state index in [1.807, 2.05) is 31.9 Å². The summed E-state index contributed by atoms with van der Waals surface area (Å²) in [6, 6.07) is 5.25. The van der Waals surface area contributed by atoms with Crippen LogP contribution in [0.15, 0.2) is 30.6 Å². The minimum absolute atomic E-state index is 0.149. The number of aromatic nitrogens is 3. The molecule has 0 aromatic carbocycles. The van der Waals surface area contributed by atoms with Crippen molar-refractivity contribution >= 4 is 40.3 Å². The molecule has 184 valence electrons. The molecule has 10 heteroatoms. The highest BCUT2D eigenvalue weighted by Gasteiger charge is 2.33. The molecule has 4 heterocycles. The summed E-state index contributed by atoms with van der Waals surface area (Å²) in [5, 5.41) is 5.62. The van der Waals surface area contributed by atoms with Crippen molar-refractivity contribution in [3.8, 4) is 5.88 Å². The number of carbonyl (C=O) groups is 1. The fourth-order valence-electron chi connectivity index (χ4n) is 4.42. The number of nitrogens with two attached hydrogens (primary N) is 1. The summed E-state index contributed by atoms with van der Waals surface area (Å²) in [5.74, 6) is 1.49. The zero-order valence-electron chi connectivity index (χ0n) is 20.3. The van der Waals surface area contributed by atoms with Crippen molar-refractivity contribution in [2.75, 3.05) is 19.4 Å². The van der Waals surface area contributed by atoms with Crippen LogP contribution in [-0.4, -0.2) is 56.8 Å². The molecule has 0 radical (unpaired) electrons. The van der Waals surface area contributed by atoms with Crippen LogP contribution in [0, 0.1) is 0 Å². The number of fused-ring (bicyclic) bond motifs is 2. The van der Waals surface area contributed by atoms with Gasteiger partial charge in [0.2, 0.25) is 5.88 Å². The third kappa shape index (κ3) is 5.05. The van der Waals surface area contributed by atoms with Crippen molar-refractivity contribution in [3.63, 3.8) is 0 Å². The Morgan fingerprint density at radius 2 is 2.00 bits per heavy atom. The number of hydrogen-bond donors (Lipinski definition) is 2. The predicted octanol–water partition coefficient (Wildman–Crippen LogP) is 4.01. The molecule has 0 amide bonds. The molecule has 2 aliphatic rings. The van der Waals surface area contributed by atoms with Crippen molar-refractivity contribution in [1.82, 2.24) is 19.3 Å². The van der Waals surface area contributed by atoms with Crippen LogP contribution in [0.2, 0.25) is 0 Å². The molecule has 35 heavy (non-hydrogen) atoms. The normalized spacial score (nSPS) is 22.3. The van der Waals surface area contributed by atoms with E-state index in [2.05, 4.69) is 38.7 Å². The van der Waals surface area contributed by atoms with Gasteiger partial charge in [-0.25, -0.2) is 19.7 Å². The lowest BCUT2D eigenvalue weighted by Gasteiger charge is -2.35. The Morgan fingerprint density at radius 3 is 2.74 bits per heavy atom. The maximum Gasteiger partial charge on any atom is 0.340 e. The second-order valence-electron chi connectivity index (χ2n) is 9.41. The Bertz CT molecular complexity index is 1260. The second kappa shape index (κ2) is 9.60. The van der Waals surface area contributed by atoms with Crippen LogP contribution < -0.4 is 15.8 Å². The molecule has 3 aromatic heterocycles. The van der Waals surface area contributed by atoms with Crippen LogP contribution in [0.4, 0.5) is 11.6 Å². The van der Waals surface area contributed by atoms with Gasteiger partial charge in [-0.3, -0.25) is 4.31 Å². The van der Waals surface area contributed by atoms with Gasteiger partial charge in [-0.2, -0.15) is 0 Å². The Balaban J connectivity index is 1.39. The summed E-state index contributed by atoms with van der Waals surface area (Å²) in [5.41, 5.74) is 8.40. The lowest BCUT2D eigenvalue weighted by molar-refractivity contribution is 0.0297. The maximum absolute atomic E-state index is 12.1. The molecule has 3 aromatic rings. The Hall–Kier alpha value is -2.95. The molecule has 1 saturated carbocycles. The zero-order valence-corrected chi connectivity index (χ0v) is 21.1. The summed E-state index contributed by atoms with van der Waals surface area (Å²) in [4.78, 5) is 25.9. The van der Waals surface area contributed by atoms with E-state index in [1.165, 1.54) is 0 Å². The SMILES string of the molecule is CC1Cc2nc(Nc3cc4c(C(C)N)cnc(OC5CC(SN(C)C)C5)c4cn3)ccc2C(=O)O1. The summed E-state index contributed by atoms with van der Waals surface area (Å²) in [6.07, 6.45) is 6.08. The average molecular weight is 495 g/mol. The minimum atomic E-state index is -0.332. The fourth-order valence-corrected chi connectivity index (χ4v) is 5.61. The smallest absolute Gasteiger partial charge is 0.340 e. The molecule has 5 rings (SSSR count). The number of hydrogen-bond acceptors (Lipinski definition) is 10. The summed E-state index contributed by atoms with van der Waals surface area (Å²) in [7, 11) is 4.12. The number of ether oxygens (including phenoxy) is 2. The number of esters is 1. The topological polar surface area (TPSA) is 115 Å². The molecule has 9 nitrogen and oxygen atoms in total. The molecular formula is C25H30N6O3S. The van der Waals surface area contributed by atoms with E-state index in [-0.39, 0.29) is 24.2 Å².